The Morgan fingerprint density at radius 2 is 2.33 bits per heavy atom. The van der Waals surface area contributed by atoms with E-state index in [1.165, 1.54) is 36.2 Å². The summed E-state index contributed by atoms with van der Waals surface area (Å²) in [6, 6.07) is 0. The van der Waals surface area contributed by atoms with Gasteiger partial charge >= 0.3 is 60.2 Å². The molecule has 48 valence electrons. The van der Waals surface area contributed by atoms with Gasteiger partial charge in [0.15, 0.2) is 0 Å². The zero-order valence-corrected chi connectivity index (χ0v) is 12.2. The molecule has 1 aliphatic heterocycles. The fourth-order valence-electron chi connectivity index (χ4n) is 0.635. The monoisotopic (exact) mass is 516 g/mol. The number of nitrogens with zero attached hydrogens (tertiary/aromatic N) is 1. The van der Waals surface area contributed by atoms with Crippen molar-refractivity contribution in [3.05, 3.63) is 17.5 Å². The summed E-state index contributed by atoms with van der Waals surface area (Å²) in [7, 11) is 0. The van der Waals surface area contributed by atoms with Crippen molar-refractivity contribution in [3.8, 4) is 0 Å². The van der Waals surface area contributed by atoms with Gasteiger partial charge in [-0.3, -0.25) is 0 Å². The molecule has 0 amide bonds. The van der Waals surface area contributed by atoms with E-state index in [1.54, 1.807) is 0 Å². The molecule has 0 atom stereocenters. The third-order valence-electron chi connectivity index (χ3n) is 1.06. The van der Waals surface area contributed by atoms with E-state index in [9.17, 15) is 0 Å². The van der Waals surface area contributed by atoms with Crippen LogP contribution in [-0.2, 0) is 19.4 Å². The van der Waals surface area contributed by atoms with Crippen LogP contribution in [-0.4, -0.2) is 10.6 Å². The second-order valence-corrected chi connectivity index (χ2v) is 3.27. The molecule has 9 heavy (non-hydrogen) atoms. The van der Waals surface area contributed by atoms with Crippen LogP contribution in [0.25, 0.3) is 5.32 Å². The Morgan fingerprint density at radius 1 is 1.56 bits per heavy atom. The molecule has 0 aliphatic carbocycles. The van der Waals surface area contributed by atoms with Crippen LogP contribution in [0.3, 0.4) is 0 Å². The summed E-state index contributed by atoms with van der Waals surface area (Å²) in [5.74, 6) is 0. The molecular formula is C6H8NUW-. The van der Waals surface area contributed by atoms with E-state index in [-0.39, 0.29) is 31.1 Å². The maximum absolute atomic E-state index is 4.29. The van der Waals surface area contributed by atoms with Crippen LogP contribution in [0.1, 0.15) is 12.8 Å². The Hall–Kier alpha value is 1.31. The molecule has 0 fully saturated rings. The Morgan fingerprint density at radius 3 is 3.11 bits per heavy atom. The van der Waals surface area contributed by atoms with Crippen LogP contribution in [0.4, 0.5) is 0 Å². The van der Waals surface area contributed by atoms with Gasteiger partial charge in [0.05, 0.1) is 0 Å². The molecule has 0 aromatic carbocycles. The number of hydrogen-bond donors (Lipinski definition) is 0. The van der Waals surface area contributed by atoms with Crippen LogP contribution < -0.4 is 0 Å². The molecule has 0 N–H and O–H groups in total. The average molecular weight is 516 g/mol. The summed E-state index contributed by atoms with van der Waals surface area (Å²) in [5, 5.41) is 4.29. The van der Waals surface area contributed by atoms with Gasteiger partial charge in [0.25, 0.3) is 0 Å². The van der Waals surface area contributed by atoms with Crippen molar-refractivity contribution in [2.45, 2.75) is 12.8 Å². The summed E-state index contributed by atoms with van der Waals surface area (Å²) < 4.78 is 1.25. The fraction of sp³-hybridized carbons (Fsp3) is 0.500. The first-order valence-electron chi connectivity index (χ1n) is 2.77. The Balaban J connectivity index is 0.000000640. The molecule has 0 aromatic heterocycles. The van der Waals surface area contributed by atoms with Crippen molar-refractivity contribution in [3.63, 3.8) is 0 Å². The van der Waals surface area contributed by atoms with Crippen molar-refractivity contribution in [1.82, 2.24) is 0 Å². The van der Waals surface area contributed by atoms with E-state index < -0.39 is 0 Å². The molecule has 0 aromatic rings. The minimum atomic E-state index is 0. The second-order valence-electron chi connectivity index (χ2n) is 1.76. The van der Waals surface area contributed by atoms with Crippen molar-refractivity contribution in [2.24, 2.45) is 0 Å². The van der Waals surface area contributed by atoms with E-state index in [0.29, 0.717) is 0 Å². The third-order valence-corrected chi connectivity index (χ3v) is 2.01. The van der Waals surface area contributed by atoms with Crippen molar-refractivity contribution < 1.29 is 50.5 Å². The second kappa shape index (κ2) is 6.05. The maximum atomic E-state index is 4.29. The average Bonchev–Trinajstić information content (AvgIpc) is 1.94. The molecule has 1 rings (SSSR count). The molecule has 1 aliphatic rings. The van der Waals surface area contributed by atoms with Gasteiger partial charge in [-0.05, 0) is 0 Å². The van der Waals surface area contributed by atoms with Crippen molar-refractivity contribution >= 4 is 4.02 Å². The van der Waals surface area contributed by atoms with E-state index in [4.69, 9.17) is 0 Å². The third kappa shape index (κ3) is 4.68. The first kappa shape index (κ1) is 10.3. The zero-order chi connectivity index (χ0) is 5.82. The van der Waals surface area contributed by atoms with Gasteiger partial charge in [-0.15, -0.1) is 0 Å². The van der Waals surface area contributed by atoms with Gasteiger partial charge in [-0.2, -0.15) is 0 Å². The van der Waals surface area contributed by atoms with Gasteiger partial charge in [-0.25, -0.2) is 0 Å². The van der Waals surface area contributed by atoms with Crippen LogP contribution >= 0.6 is 0 Å². The van der Waals surface area contributed by atoms with Crippen LogP contribution in [0.2, 0.25) is 0 Å². The van der Waals surface area contributed by atoms with Gasteiger partial charge in [0.1, 0.15) is 0 Å². The predicted octanol–water partition coefficient (Wildman–Crippen LogP) is 1.39. The van der Waals surface area contributed by atoms with Crippen molar-refractivity contribution in [1.29, 1.82) is 0 Å². The topological polar surface area (TPSA) is 14.1 Å². The molecule has 0 unspecified atom stereocenters. The Kier molecular flexibility index (Phi) is 6.93. The quantitative estimate of drug-likeness (QED) is 0.463. The fourth-order valence-corrected chi connectivity index (χ4v) is 1.31. The first-order valence-corrected chi connectivity index (χ1v) is 4.24. The minimum absolute atomic E-state index is 0. The standard InChI is InChI=1S/C6H8N.U.W/c1-2-4-6-7-5-3-1;;/h1,3H,2,4,6H2;;/q-1;;. The summed E-state index contributed by atoms with van der Waals surface area (Å²) in [5.41, 5.74) is 0. The summed E-state index contributed by atoms with van der Waals surface area (Å²) in [6.45, 7) is 1.03. The van der Waals surface area contributed by atoms with Crippen molar-refractivity contribution in [2.75, 3.05) is 6.54 Å². The SMILES string of the molecule is [U].[W]=[C]1C=CCCC[N-]1. The summed E-state index contributed by atoms with van der Waals surface area (Å²) >= 11 is 1.48. The van der Waals surface area contributed by atoms with Crippen LogP contribution in [0, 0.1) is 31.1 Å². The normalized spacial score (nSPS) is 18.4. The first-order chi connectivity index (χ1) is 3.89. The Bertz CT molecular complexity index is 122. The predicted molar refractivity (Wildman–Crippen MR) is 31.6 cm³/mol. The molecule has 0 spiro atoms. The molecule has 0 radical (unpaired) electrons. The van der Waals surface area contributed by atoms with E-state index >= 15 is 0 Å². The molecular weight excluding hydrogens is 508 g/mol. The van der Waals surface area contributed by atoms with E-state index in [2.05, 4.69) is 17.5 Å². The Labute approximate surface area is 90.5 Å². The van der Waals surface area contributed by atoms with E-state index in [1.807, 2.05) is 0 Å². The zero-order valence-electron chi connectivity index (χ0n) is 5.13. The summed E-state index contributed by atoms with van der Waals surface area (Å²) in [4.78, 5) is 0. The number of rotatable bonds is 0. The van der Waals surface area contributed by atoms with Crippen LogP contribution in [0.5, 0.6) is 0 Å². The number of hydrogen-bond acceptors (Lipinski definition) is 0. The van der Waals surface area contributed by atoms with E-state index in [0.717, 1.165) is 6.54 Å². The van der Waals surface area contributed by atoms with Gasteiger partial charge in [0, 0.05) is 31.1 Å². The van der Waals surface area contributed by atoms with Gasteiger partial charge in [-0.1, -0.05) is 0 Å². The summed E-state index contributed by atoms with van der Waals surface area (Å²) in [6.07, 6.45) is 6.77. The molecule has 3 heteroatoms. The molecule has 1 nitrogen and oxygen atoms in total. The molecule has 1 heterocycles. The molecule has 0 bridgehead atoms. The van der Waals surface area contributed by atoms with Gasteiger partial charge < -0.3 is 0 Å². The van der Waals surface area contributed by atoms with Gasteiger partial charge in [0.2, 0.25) is 0 Å². The molecule has 0 saturated carbocycles. The van der Waals surface area contributed by atoms with Crippen LogP contribution in [0.15, 0.2) is 12.2 Å². The number of allylic oxidation sites excluding steroid dienone is 1. The molecule has 0 saturated heterocycles.